The first-order valence-corrected chi connectivity index (χ1v) is 8.29. The molecule has 0 aliphatic heterocycles. The summed E-state index contributed by atoms with van der Waals surface area (Å²) in [6.07, 6.45) is 0.967. The van der Waals surface area contributed by atoms with Crippen LogP contribution >= 0.6 is 15.9 Å². The number of hydrogen-bond acceptors (Lipinski definition) is 4. The Balaban J connectivity index is 2.90. The summed E-state index contributed by atoms with van der Waals surface area (Å²) in [5.74, 6) is 0. The third-order valence-corrected chi connectivity index (χ3v) is 5.28. The first-order chi connectivity index (χ1) is 8.74. The lowest BCUT2D eigenvalue weighted by Gasteiger charge is -2.25. The summed E-state index contributed by atoms with van der Waals surface area (Å²) in [5, 5.41) is 10.1. The van der Waals surface area contributed by atoms with Crippen molar-refractivity contribution in [3.63, 3.8) is 0 Å². The Hall–Kier alpha value is -0.630. The number of sulfonamides is 1. The molecule has 7 heteroatoms. The lowest BCUT2D eigenvalue weighted by molar-refractivity contribution is 0.0377. The van der Waals surface area contributed by atoms with Gasteiger partial charge in [-0.1, -0.05) is 13.8 Å². The van der Waals surface area contributed by atoms with Crippen LogP contribution in [0.5, 0.6) is 0 Å². The van der Waals surface area contributed by atoms with E-state index in [1.165, 1.54) is 18.2 Å². The molecule has 0 heterocycles. The zero-order chi connectivity index (χ0) is 14.7. The number of anilines is 1. The van der Waals surface area contributed by atoms with E-state index in [0.717, 1.165) is 0 Å². The Kier molecular flexibility index (Phi) is 5.37. The maximum Gasteiger partial charge on any atom is 0.240 e. The molecule has 0 saturated carbocycles. The van der Waals surface area contributed by atoms with E-state index >= 15 is 0 Å². The molecule has 0 saturated heterocycles. The van der Waals surface area contributed by atoms with Crippen LogP contribution in [0.1, 0.15) is 26.7 Å². The van der Waals surface area contributed by atoms with Gasteiger partial charge in [-0.3, -0.25) is 0 Å². The molecule has 1 rings (SSSR count). The topological polar surface area (TPSA) is 92.4 Å². The second kappa shape index (κ2) is 6.21. The molecular formula is C12H19BrN2O3S. The minimum Gasteiger partial charge on any atom is -0.398 e. The molecule has 5 nitrogen and oxygen atoms in total. The van der Waals surface area contributed by atoms with E-state index in [-0.39, 0.29) is 11.4 Å². The number of nitrogens with two attached hydrogens (primary N) is 1. The molecule has 0 aliphatic carbocycles. The molecule has 0 atom stereocenters. The van der Waals surface area contributed by atoms with E-state index in [0.29, 0.717) is 23.0 Å². The van der Waals surface area contributed by atoms with Crippen LogP contribution in [0.2, 0.25) is 0 Å². The monoisotopic (exact) mass is 350 g/mol. The molecule has 0 bridgehead atoms. The summed E-state index contributed by atoms with van der Waals surface area (Å²) < 4.78 is 27.1. The van der Waals surface area contributed by atoms with Crippen molar-refractivity contribution >= 4 is 31.6 Å². The van der Waals surface area contributed by atoms with Crippen molar-refractivity contribution in [2.45, 2.75) is 37.2 Å². The number of rotatable bonds is 6. The number of nitrogen functional groups attached to an aromatic ring is 1. The highest BCUT2D eigenvalue weighted by molar-refractivity contribution is 9.10. The molecule has 0 amide bonds. The van der Waals surface area contributed by atoms with Gasteiger partial charge in [0, 0.05) is 16.7 Å². The Labute approximate surface area is 122 Å². The number of halogens is 1. The number of nitrogens with one attached hydrogen (secondary N) is 1. The van der Waals surface area contributed by atoms with Crippen molar-refractivity contribution in [3.05, 3.63) is 22.7 Å². The minimum absolute atomic E-state index is 0.00959. The maximum absolute atomic E-state index is 12.1. The molecule has 19 heavy (non-hydrogen) atoms. The Morgan fingerprint density at radius 3 is 2.42 bits per heavy atom. The molecule has 0 spiro atoms. The smallest absolute Gasteiger partial charge is 0.240 e. The molecule has 108 valence electrons. The van der Waals surface area contributed by atoms with Gasteiger partial charge in [0.15, 0.2) is 0 Å². The van der Waals surface area contributed by atoms with Gasteiger partial charge in [0.25, 0.3) is 0 Å². The van der Waals surface area contributed by atoms with Crippen LogP contribution in [0.15, 0.2) is 27.6 Å². The van der Waals surface area contributed by atoms with Crippen LogP contribution in [0.25, 0.3) is 0 Å². The quantitative estimate of drug-likeness (QED) is 0.682. The minimum atomic E-state index is -3.65. The van der Waals surface area contributed by atoms with Crippen LogP contribution in [0, 0.1) is 0 Å². The Morgan fingerprint density at radius 1 is 1.37 bits per heavy atom. The Morgan fingerprint density at radius 2 is 1.95 bits per heavy atom. The first kappa shape index (κ1) is 16.4. The normalized spacial score (nSPS) is 12.6. The van der Waals surface area contributed by atoms with Gasteiger partial charge in [0.2, 0.25) is 10.0 Å². The van der Waals surface area contributed by atoms with Crippen LogP contribution in [0.4, 0.5) is 5.69 Å². The number of aliphatic hydroxyl groups is 1. The largest absolute Gasteiger partial charge is 0.398 e. The van der Waals surface area contributed by atoms with E-state index in [1.807, 2.05) is 13.8 Å². The highest BCUT2D eigenvalue weighted by Crippen LogP contribution is 2.23. The molecule has 1 aromatic carbocycles. The fourth-order valence-electron chi connectivity index (χ4n) is 1.49. The molecule has 1 aromatic rings. The molecule has 4 N–H and O–H groups in total. The zero-order valence-electron chi connectivity index (χ0n) is 11.0. The predicted octanol–water partition coefficient (Wildman–Crippen LogP) is 1.86. The molecule has 0 fully saturated rings. The fourth-order valence-corrected chi connectivity index (χ4v) is 3.16. The number of benzene rings is 1. The van der Waals surface area contributed by atoms with Crippen LogP contribution < -0.4 is 10.5 Å². The van der Waals surface area contributed by atoms with Crippen molar-refractivity contribution in [2.75, 3.05) is 12.3 Å². The standard InChI is InChI=1S/C12H19BrN2O3S/c1-3-12(16,4-2)8-15-19(17,18)9-5-6-11(14)10(13)7-9/h5-7,15-16H,3-4,8,14H2,1-2H3. The van der Waals surface area contributed by atoms with E-state index in [9.17, 15) is 13.5 Å². The summed E-state index contributed by atoms with van der Waals surface area (Å²) >= 11 is 3.19. The summed E-state index contributed by atoms with van der Waals surface area (Å²) in [4.78, 5) is 0.114. The molecule has 0 aromatic heterocycles. The maximum atomic E-state index is 12.1. The summed E-state index contributed by atoms with van der Waals surface area (Å²) in [6, 6.07) is 4.39. The third-order valence-electron chi connectivity index (χ3n) is 3.19. The van der Waals surface area contributed by atoms with E-state index in [2.05, 4.69) is 20.7 Å². The average Bonchev–Trinajstić information content (AvgIpc) is 2.39. The van der Waals surface area contributed by atoms with Crippen molar-refractivity contribution in [2.24, 2.45) is 0 Å². The average molecular weight is 351 g/mol. The van der Waals surface area contributed by atoms with Crippen LogP contribution in [-0.2, 0) is 10.0 Å². The molecule has 0 unspecified atom stereocenters. The predicted molar refractivity (Wildman–Crippen MR) is 79.3 cm³/mol. The lowest BCUT2D eigenvalue weighted by Crippen LogP contribution is -2.41. The van der Waals surface area contributed by atoms with Crippen molar-refractivity contribution in [1.82, 2.24) is 4.72 Å². The summed E-state index contributed by atoms with van der Waals surface area (Å²) in [6.45, 7) is 3.62. The van der Waals surface area contributed by atoms with Crippen molar-refractivity contribution < 1.29 is 13.5 Å². The van der Waals surface area contributed by atoms with Gasteiger partial charge in [0.05, 0.1) is 10.5 Å². The first-order valence-electron chi connectivity index (χ1n) is 6.01. The van der Waals surface area contributed by atoms with Crippen LogP contribution in [0.3, 0.4) is 0 Å². The van der Waals surface area contributed by atoms with Crippen LogP contribution in [-0.4, -0.2) is 25.7 Å². The summed E-state index contributed by atoms with van der Waals surface area (Å²) in [5.41, 5.74) is 5.07. The fraction of sp³-hybridized carbons (Fsp3) is 0.500. The summed E-state index contributed by atoms with van der Waals surface area (Å²) in [7, 11) is -3.65. The second-order valence-corrected chi connectivity index (χ2v) is 7.06. The molecule has 0 radical (unpaired) electrons. The lowest BCUT2D eigenvalue weighted by atomic mass is 9.98. The van der Waals surface area contributed by atoms with E-state index in [4.69, 9.17) is 5.73 Å². The van der Waals surface area contributed by atoms with Gasteiger partial charge in [-0.15, -0.1) is 0 Å². The van der Waals surface area contributed by atoms with Gasteiger partial charge in [-0.05, 0) is 47.0 Å². The van der Waals surface area contributed by atoms with Gasteiger partial charge in [-0.25, -0.2) is 13.1 Å². The van der Waals surface area contributed by atoms with E-state index in [1.54, 1.807) is 0 Å². The van der Waals surface area contributed by atoms with Crippen molar-refractivity contribution in [1.29, 1.82) is 0 Å². The highest BCUT2D eigenvalue weighted by Gasteiger charge is 2.25. The van der Waals surface area contributed by atoms with Gasteiger partial charge < -0.3 is 10.8 Å². The Bertz CT molecular complexity index is 542. The second-order valence-electron chi connectivity index (χ2n) is 4.44. The van der Waals surface area contributed by atoms with Crippen molar-refractivity contribution in [3.8, 4) is 0 Å². The van der Waals surface area contributed by atoms with Gasteiger partial charge in [0.1, 0.15) is 0 Å². The number of hydrogen-bond donors (Lipinski definition) is 3. The SMILES string of the molecule is CCC(O)(CC)CNS(=O)(=O)c1ccc(N)c(Br)c1. The van der Waals surface area contributed by atoms with E-state index < -0.39 is 15.6 Å². The zero-order valence-corrected chi connectivity index (χ0v) is 13.4. The van der Waals surface area contributed by atoms with Gasteiger partial charge in [-0.2, -0.15) is 0 Å². The third kappa shape index (κ3) is 4.17. The highest BCUT2D eigenvalue weighted by atomic mass is 79.9. The molecule has 0 aliphatic rings. The molecular weight excluding hydrogens is 332 g/mol. The van der Waals surface area contributed by atoms with Gasteiger partial charge >= 0.3 is 0 Å².